The number of ether oxygens (including phenoxy) is 2. The lowest BCUT2D eigenvalue weighted by molar-refractivity contribution is -0.656. The van der Waals surface area contributed by atoms with Crippen LogP contribution in [0.3, 0.4) is 0 Å². The summed E-state index contributed by atoms with van der Waals surface area (Å²) in [6.07, 6.45) is 2.07. The van der Waals surface area contributed by atoms with Gasteiger partial charge in [0.25, 0.3) is 5.72 Å². The van der Waals surface area contributed by atoms with Crippen molar-refractivity contribution in [2.75, 3.05) is 38.0 Å². The van der Waals surface area contributed by atoms with E-state index in [1.54, 1.807) is 14.2 Å². The van der Waals surface area contributed by atoms with Crippen LogP contribution in [-0.4, -0.2) is 47.9 Å². The molecule has 0 spiro atoms. The Morgan fingerprint density at radius 1 is 1.11 bits per heavy atom. The highest BCUT2D eigenvalue weighted by molar-refractivity contribution is 8.13. The van der Waals surface area contributed by atoms with Gasteiger partial charge < -0.3 is 14.6 Å². The molecule has 0 saturated heterocycles. The third-order valence-electron chi connectivity index (χ3n) is 5.55. The molecule has 2 aromatic carbocycles. The van der Waals surface area contributed by atoms with Crippen molar-refractivity contribution in [1.82, 2.24) is 0 Å². The number of aryl methyl sites for hydroxylation is 1. The first-order chi connectivity index (χ1) is 13.6. The largest absolute Gasteiger partial charge is 0.493 e. The molecule has 2 heterocycles. The molecule has 148 valence electrons. The number of amidine groups is 1. The first-order valence-corrected chi connectivity index (χ1v) is 10.7. The molecule has 5 nitrogen and oxygen atoms in total. The molecular formula is C22H27N2O3S+. The van der Waals surface area contributed by atoms with Gasteiger partial charge in [0.2, 0.25) is 0 Å². The minimum absolute atomic E-state index is 0.482. The molecule has 0 aliphatic carbocycles. The molecule has 0 radical (unpaired) electrons. The molecule has 0 saturated carbocycles. The first kappa shape index (κ1) is 19.2. The monoisotopic (exact) mass is 399 g/mol. The highest BCUT2D eigenvalue weighted by Crippen LogP contribution is 2.40. The number of rotatable bonds is 5. The minimum atomic E-state index is -1.11. The van der Waals surface area contributed by atoms with Crippen molar-refractivity contribution in [2.45, 2.75) is 25.5 Å². The van der Waals surface area contributed by atoms with Gasteiger partial charge in [-0.1, -0.05) is 19.1 Å². The molecule has 1 N–H and O–H groups in total. The van der Waals surface area contributed by atoms with E-state index in [-0.39, 0.29) is 0 Å². The van der Waals surface area contributed by atoms with E-state index in [0.29, 0.717) is 18.0 Å². The van der Waals surface area contributed by atoms with Gasteiger partial charge in [0, 0.05) is 11.3 Å². The van der Waals surface area contributed by atoms with E-state index < -0.39 is 5.72 Å². The van der Waals surface area contributed by atoms with Crippen molar-refractivity contribution in [2.24, 2.45) is 0 Å². The van der Waals surface area contributed by atoms with Crippen molar-refractivity contribution in [3.8, 4) is 11.5 Å². The van der Waals surface area contributed by atoms with Crippen molar-refractivity contribution in [1.29, 1.82) is 0 Å². The molecule has 4 rings (SSSR count). The number of anilines is 1. The van der Waals surface area contributed by atoms with E-state index in [1.165, 1.54) is 5.56 Å². The van der Waals surface area contributed by atoms with Gasteiger partial charge in [0.05, 0.1) is 20.8 Å². The molecule has 2 aromatic rings. The first-order valence-electron chi connectivity index (χ1n) is 9.69. The summed E-state index contributed by atoms with van der Waals surface area (Å²) in [5.41, 5.74) is 2.14. The van der Waals surface area contributed by atoms with E-state index in [2.05, 4.69) is 40.7 Å². The van der Waals surface area contributed by atoms with Crippen LogP contribution in [0.25, 0.3) is 0 Å². The summed E-state index contributed by atoms with van der Waals surface area (Å²) < 4.78 is 13.0. The average molecular weight is 400 g/mol. The van der Waals surface area contributed by atoms with Crippen LogP contribution in [0.5, 0.6) is 11.5 Å². The molecule has 0 amide bonds. The maximum atomic E-state index is 11.8. The summed E-state index contributed by atoms with van der Waals surface area (Å²) >= 11 is 1.81. The fourth-order valence-corrected chi connectivity index (χ4v) is 5.13. The summed E-state index contributed by atoms with van der Waals surface area (Å²) in [5, 5.41) is 12.9. The second-order valence-corrected chi connectivity index (χ2v) is 8.19. The molecule has 0 fully saturated rings. The normalized spacial score (nSPS) is 21.6. The quantitative estimate of drug-likeness (QED) is 0.781. The highest BCUT2D eigenvalue weighted by atomic mass is 32.2. The predicted octanol–water partition coefficient (Wildman–Crippen LogP) is 3.44. The van der Waals surface area contributed by atoms with Crippen molar-refractivity contribution in [3.05, 3.63) is 53.6 Å². The molecule has 2 aliphatic heterocycles. The smallest absolute Gasteiger partial charge is 0.316 e. The van der Waals surface area contributed by atoms with E-state index >= 15 is 0 Å². The Morgan fingerprint density at radius 3 is 2.54 bits per heavy atom. The van der Waals surface area contributed by atoms with Gasteiger partial charge >= 0.3 is 5.17 Å². The van der Waals surface area contributed by atoms with Crippen LogP contribution >= 0.6 is 11.8 Å². The fraction of sp³-hybridized carbons (Fsp3) is 0.409. The Balaban J connectivity index is 1.76. The van der Waals surface area contributed by atoms with Crippen LogP contribution in [0.2, 0.25) is 0 Å². The van der Waals surface area contributed by atoms with Gasteiger partial charge in [-0.05, 0) is 60.5 Å². The van der Waals surface area contributed by atoms with Gasteiger partial charge in [0.15, 0.2) is 18.0 Å². The second-order valence-electron chi connectivity index (χ2n) is 7.13. The van der Waals surface area contributed by atoms with Crippen LogP contribution < -0.4 is 14.4 Å². The Bertz CT molecular complexity index is 897. The number of methoxy groups -OCH3 is 2. The molecular weight excluding hydrogens is 372 g/mol. The lowest BCUT2D eigenvalue weighted by Crippen LogP contribution is -2.41. The van der Waals surface area contributed by atoms with E-state index in [1.807, 2.05) is 30.0 Å². The number of β-amino-alcohol motifs (C(OH)–C–C–N with tert-alkyl or cyclic N) is 1. The lowest BCUT2D eigenvalue weighted by Gasteiger charge is -2.25. The van der Waals surface area contributed by atoms with Crippen molar-refractivity contribution in [3.63, 3.8) is 0 Å². The van der Waals surface area contributed by atoms with Crippen molar-refractivity contribution < 1.29 is 19.2 Å². The number of hydrogen-bond donors (Lipinski definition) is 1. The summed E-state index contributed by atoms with van der Waals surface area (Å²) in [4.78, 5) is 2.24. The Hall–Kier alpha value is -2.18. The lowest BCUT2D eigenvalue weighted by atomic mass is 10.0. The molecule has 0 unspecified atom stereocenters. The van der Waals surface area contributed by atoms with E-state index in [4.69, 9.17) is 9.47 Å². The predicted molar refractivity (Wildman–Crippen MR) is 114 cm³/mol. The number of aliphatic hydroxyl groups is 1. The Kier molecular flexibility index (Phi) is 5.25. The summed E-state index contributed by atoms with van der Waals surface area (Å²) in [5.74, 6) is 2.36. The van der Waals surface area contributed by atoms with Gasteiger partial charge in [-0.3, -0.25) is 0 Å². The maximum absolute atomic E-state index is 11.8. The summed E-state index contributed by atoms with van der Waals surface area (Å²) in [6, 6.07) is 14.3. The third kappa shape index (κ3) is 3.14. The van der Waals surface area contributed by atoms with E-state index in [0.717, 1.165) is 41.6 Å². The minimum Gasteiger partial charge on any atom is -0.493 e. The molecule has 0 bridgehead atoms. The molecule has 2 aliphatic rings. The average Bonchev–Trinajstić information content (AvgIpc) is 3.07. The number of hydrogen-bond acceptors (Lipinski definition) is 5. The number of thioether (sulfide) groups is 1. The maximum Gasteiger partial charge on any atom is 0.316 e. The standard InChI is InChI=1S/C22H27N2O3S/c1-4-16-6-9-18(10-7-16)23-15-22(25,24-12-5-13-28-21(23)24)17-8-11-19(26-2)20(14-17)27-3/h6-11,14,25H,4-5,12-13,15H2,1-3H3/q+1/t22-/m1/s1. The third-order valence-corrected chi connectivity index (χ3v) is 6.74. The molecule has 0 aromatic heterocycles. The Morgan fingerprint density at radius 2 is 1.86 bits per heavy atom. The van der Waals surface area contributed by atoms with Crippen LogP contribution in [0.1, 0.15) is 24.5 Å². The van der Waals surface area contributed by atoms with Gasteiger partial charge in [-0.2, -0.15) is 0 Å². The fourth-order valence-electron chi connectivity index (χ4n) is 3.95. The number of benzene rings is 2. The van der Waals surface area contributed by atoms with Crippen LogP contribution in [0.15, 0.2) is 42.5 Å². The van der Waals surface area contributed by atoms with Gasteiger partial charge in [-0.25, -0.2) is 9.48 Å². The zero-order valence-corrected chi connectivity index (χ0v) is 17.5. The summed E-state index contributed by atoms with van der Waals surface area (Å²) in [6.45, 7) is 3.47. The molecule has 6 heteroatoms. The summed E-state index contributed by atoms with van der Waals surface area (Å²) in [7, 11) is 3.24. The zero-order valence-electron chi connectivity index (χ0n) is 16.6. The van der Waals surface area contributed by atoms with Gasteiger partial charge in [0.1, 0.15) is 5.69 Å². The zero-order chi connectivity index (χ0) is 19.7. The topological polar surface area (TPSA) is 44.9 Å². The SMILES string of the molecule is CCc1ccc(N2C[C@@](O)(c3ccc(OC)c(OC)c3)[N+]3=C2SCCC3)cc1. The van der Waals surface area contributed by atoms with Crippen LogP contribution in [0, 0.1) is 0 Å². The van der Waals surface area contributed by atoms with Crippen molar-refractivity contribution >= 4 is 22.6 Å². The second kappa shape index (κ2) is 7.68. The number of nitrogens with zero attached hydrogens (tertiary/aromatic N) is 2. The highest BCUT2D eigenvalue weighted by Gasteiger charge is 2.53. The Labute approximate surface area is 170 Å². The van der Waals surface area contributed by atoms with Gasteiger partial charge in [-0.15, -0.1) is 0 Å². The molecule has 28 heavy (non-hydrogen) atoms. The van der Waals surface area contributed by atoms with E-state index in [9.17, 15) is 5.11 Å². The molecule has 1 atom stereocenters. The van der Waals surface area contributed by atoms with Crippen LogP contribution in [-0.2, 0) is 12.1 Å². The van der Waals surface area contributed by atoms with Crippen LogP contribution in [0.4, 0.5) is 5.69 Å².